The van der Waals surface area contributed by atoms with Gasteiger partial charge in [0.2, 0.25) is 0 Å². The molecule has 1 aliphatic heterocycles. The third kappa shape index (κ3) is 4.24. The Kier molecular flexibility index (Phi) is 5.76. The van der Waals surface area contributed by atoms with E-state index in [1.807, 2.05) is 6.20 Å². The number of likely N-dealkylation sites (N-methyl/N-ethyl adjacent to an activating group) is 1. The van der Waals surface area contributed by atoms with E-state index in [4.69, 9.17) is 10.5 Å². The maximum atomic E-state index is 5.94. The van der Waals surface area contributed by atoms with Gasteiger partial charge in [-0.25, -0.2) is 0 Å². The van der Waals surface area contributed by atoms with Crippen LogP contribution in [0.25, 0.3) is 0 Å². The third-order valence-corrected chi connectivity index (χ3v) is 4.10. The predicted octanol–water partition coefficient (Wildman–Crippen LogP) is 2.20. The van der Waals surface area contributed by atoms with Crippen molar-refractivity contribution in [1.82, 2.24) is 9.88 Å². The molecule has 2 rings (SSSR count). The lowest BCUT2D eigenvalue weighted by Gasteiger charge is -2.32. The highest BCUT2D eigenvalue weighted by Crippen LogP contribution is 2.23. The second kappa shape index (κ2) is 7.33. The van der Waals surface area contributed by atoms with E-state index in [1.165, 1.54) is 12.8 Å². The summed E-state index contributed by atoms with van der Waals surface area (Å²) in [6.07, 6.45) is 6.12. The zero-order valence-corrected chi connectivity index (χ0v) is 13.0. The predicted molar refractivity (Wildman–Crippen MR) is 79.9 cm³/mol. The molecule has 1 aromatic rings. The van der Waals surface area contributed by atoms with Crippen LogP contribution in [0.15, 0.2) is 22.9 Å². The number of hydrogen-bond acceptors (Lipinski definition) is 4. The number of nitrogens with zero attached hydrogens (tertiary/aromatic N) is 2. The first kappa shape index (κ1) is 14.9. The molecule has 0 aliphatic carbocycles. The Morgan fingerprint density at radius 1 is 1.58 bits per heavy atom. The van der Waals surface area contributed by atoms with E-state index in [0.29, 0.717) is 12.5 Å². The maximum Gasteiger partial charge on any atom is 0.0506 e. The van der Waals surface area contributed by atoms with Crippen molar-refractivity contribution in [2.75, 3.05) is 33.4 Å². The molecule has 0 aromatic carbocycles. The standard InChI is InChI=1S/C14H22BrN3O/c1-18(9-11-3-2-4-19-10-11)14(6-16)12-5-13(15)8-17-7-12/h5,7-8,11,14H,2-4,6,9-10,16H2,1H3. The van der Waals surface area contributed by atoms with Gasteiger partial charge < -0.3 is 10.5 Å². The van der Waals surface area contributed by atoms with Gasteiger partial charge in [0.25, 0.3) is 0 Å². The fourth-order valence-corrected chi connectivity index (χ4v) is 3.05. The second-order valence-electron chi connectivity index (χ2n) is 5.21. The van der Waals surface area contributed by atoms with E-state index in [9.17, 15) is 0 Å². The minimum atomic E-state index is 0.215. The molecule has 106 valence electrons. The van der Waals surface area contributed by atoms with Gasteiger partial charge in [0.05, 0.1) is 6.61 Å². The summed E-state index contributed by atoms with van der Waals surface area (Å²) in [6, 6.07) is 2.31. The van der Waals surface area contributed by atoms with Crippen molar-refractivity contribution in [2.45, 2.75) is 18.9 Å². The SMILES string of the molecule is CN(CC1CCCOC1)C(CN)c1cncc(Br)c1. The first-order valence-corrected chi connectivity index (χ1v) is 7.58. The molecule has 2 unspecified atom stereocenters. The second-order valence-corrected chi connectivity index (χ2v) is 6.13. The molecule has 1 aliphatic rings. The Hall–Kier alpha value is -0.490. The van der Waals surface area contributed by atoms with Crippen LogP contribution in [0.1, 0.15) is 24.4 Å². The largest absolute Gasteiger partial charge is 0.381 e. The van der Waals surface area contributed by atoms with Crippen LogP contribution in [-0.2, 0) is 4.74 Å². The van der Waals surface area contributed by atoms with Gasteiger partial charge in [0.1, 0.15) is 0 Å². The van der Waals surface area contributed by atoms with Crippen LogP contribution in [0.3, 0.4) is 0 Å². The van der Waals surface area contributed by atoms with Crippen molar-refractivity contribution in [3.8, 4) is 0 Å². The molecule has 0 spiro atoms. The molecular formula is C14H22BrN3O. The highest BCUT2D eigenvalue weighted by atomic mass is 79.9. The maximum absolute atomic E-state index is 5.94. The van der Waals surface area contributed by atoms with Crippen LogP contribution in [0.4, 0.5) is 0 Å². The van der Waals surface area contributed by atoms with Crippen molar-refractivity contribution >= 4 is 15.9 Å². The first-order chi connectivity index (χ1) is 9.20. The van der Waals surface area contributed by atoms with Gasteiger partial charge in [0.15, 0.2) is 0 Å². The minimum absolute atomic E-state index is 0.215. The number of halogens is 1. The first-order valence-electron chi connectivity index (χ1n) is 6.79. The lowest BCUT2D eigenvalue weighted by Crippen LogP contribution is -2.36. The Morgan fingerprint density at radius 3 is 3.05 bits per heavy atom. The summed E-state index contributed by atoms with van der Waals surface area (Å²) >= 11 is 3.47. The highest BCUT2D eigenvalue weighted by molar-refractivity contribution is 9.10. The molecule has 1 aromatic heterocycles. The van der Waals surface area contributed by atoms with E-state index in [2.05, 4.69) is 38.9 Å². The molecule has 0 radical (unpaired) electrons. The zero-order valence-electron chi connectivity index (χ0n) is 11.4. The minimum Gasteiger partial charge on any atom is -0.381 e. The summed E-state index contributed by atoms with van der Waals surface area (Å²) in [5, 5.41) is 0. The number of aromatic nitrogens is 1. The molecule has 0 amide bonds. The Bertz CT molecular complexity index is 396. The van der Waals surface area contributed by atoms with Gasteiger partial charge in [-0.05, 0) is 53.4 Å². The normalized spacial score (nSPS) is 21.6. The van der Waals surface area contributed by atoms with E-state index in [1.54, 1.807) is 6.20 Å². The smallest absolute Gasteiger partial charge is 0.0506 e. The van der Waals surface area contributed by atoms with Crippen LogP contribution in [-0.4, -0.2) is 43.2 Å². The van der Waals surface area contributed by atoms with Gasteiger partial charge in [0, 0.05) is 42.6 Å². The van der Waals surface area contributed by atoms with E-state index >= 15 is 0 Å². The Labute approximate surface area is 123 Å². The molecular weight excluding hydrogens is 306 g/mol. The molecule has 2 heterocycles. The lowest BCUT2D eigenvalue weighted by atomic mass is 10.00. The van der Waals surface area contributed by atoms with E-state index in [-0.39, 0.29) is 6.04 Å². The van der Waals surface area contributed by atoms with Crippen molar-refractivity contribution in [3.63, 3.8) is 0 Å². The molecule has 4 nitrogen and oxygen atoms in total. The van der Waals surface area contributed by atoms with Crippen molar-refractivity contribution in [3.05, 3.63) is 28.5 Å². The number of nitrogens with two attached hydrogens (primary N) is 1. The molecule has 1 saturated heterocycles. The van der Waals surface area contributed by atoms with Crippen LogP contribution < -0.4 is 5.73 Å². The average molecular weight is 328 g/mol. The van der Waals surface area contributed by atoms with Crippen molar-refractivity contribution in [1.29, 1.82) is 0 Å². The quantitative estimate of drug-likeness (QED) is 0.900. The van der Waals surface area contributed by atoms with Crippen LogP contribution in [0.2, 0.25) is 0 Å². The van der Waals surface area contributed by atoms with Crippen LogP contribution >= 0.6 is 15.9 Å². The Balaban J connectivity index is 1.99. The highest BCUT2D eigenvalue weighted by Gasteiger charge is 2.21. The molecule has 19 heavy (non-hydrogen) atoms. The van der Waals surface area contributed by atoms with Gasteiger partial charge in [-0.3, -0.25) is 9.88 Å². The van der Waals surface area contributed by atoms with Crippen LogP contribution in [0, 0.1) is 5.92 Å². The number of pyridine rings is 1. The van der Waals surface area contributed by atoms with E-state index in [0.717, 1.165) is 29.8 Å². The summed E-state index contributed by atoms with van der Waals surface area (Å²) in [5.41, 5.74) is 7.11. The lowest BCUT2D eigenvalue weighted by molar-refractivity contribution is 0.0365. The van der Waals surface area contributed by atoms with E-state index < -0.39 is 0 Å². The fraction of sp³-hybridized carbons (Fsp3) is 0.643. The van der Waals surface area contributed by atoms with Gasteiger partial charge in [-0.15, -0.1) is 0 Å². The third-order valence-electron chi connectivity index (χ3n) is 3.67. The zero-order chi connectivity index (χ0) is 13.7. The molecule has 1 fully saturated rings. The fourth-order valence-electron chi connectivity index (χ4n) is 2.67. The molecule has 0 bridgehead atoms. The summed E-state index contributed by atoms with van der Waals surface area (Å²) in [6.45, 7) is 3.41. The monoisotopic (exact) mass is 327 g/mol. The van der Waals surface area contributed by atoms with Crippen molar-refractivity contribution in [2.24, 2.45) is 11.7 Å². The summed E-state index contributed by atoms with van der Waals surface area (Å²) in [4.78, 5) is 6.55. The molecule has 2 atom stereocenters. The summed E-state index contributed by atoms with van der Waals surface area (Å²) in [7, 11) is 2.13. The van der Waals surface area contributed by atoms with Gasteiger partial charge in [-0.2, -0.15) is 0 Å². The molecule has 2 N–H and O–H groups in total. The van der Waals surface area contributed by atoms with Crippen LogP contribution in [0.5, 0.6) is 0 Å². The number of rotatable bonds is 5. The topological polar surface area (TPSA) is 51.4 Å². The number of hydrogen-bond donors (Lipinski definition) is 1. The van der Waals surface area contributed by atoms with Gasteiger partial charge >= 0.3 is 0 Å². The number of ether oxygens (including phenoxy) is 1. The molecule has 0 saturated carbocycles. The molecule has 5 heteroatoms. The van der Waals surface area contributed by atoms with Gasteiger partial charge in [-0.1, -0.05) is 0 Å². The summed E-state index contributed by atoms with van der Waals surface area (Å²) in [5.74, 6) is 0.618. The Morgan fingerprint density at radius 2 is 2.42 bits per heavy atom. The average Bonchev–Trinajstić information content (AvgIpc) is 2.41. The summed E-state index contributed by atoms with van der Waals surface area (Å²) < 4.78 is 6.54. The van der Waals surface area contributed by atoms with Crippen molar-refractivity contribution < 1.29 is 4.74 Å².